The van der Waals surface area contributed by atoms with Crippen LogP contribution in [0.2, 0.25) is 0 Å². The zero-order valence-corrected chi connectivity index (χ0v) is 15.5. The summed E-state index contributed by atoms with van der Waals surface area (Å²) in [5, 5.41) is 2.84. The van der Waals surface area contributed by atoms with Gasteiger partial charge >= 0.3 is 0 Å². The molecule has 1 aliphatic rings. The maximum absolute atomic E-state index is 12.6. The number of carbonyl (C=O) groups excluding carboxylic acids is 1. The van der Waals surface area contributed by atoms with Crippen LogP contribution in [0.4, 0.5) is 0 Å². The summed E-state index contributed by atoms with van der Waals surface area (Å²) in [6.07, 6.45) is 3.19. The summed E-state index contributed by atoms with van der Waals surface area (Å²) >= 11 is 1.53. The van der Waals surface area contributed by atoms with Gasteiger partial charge in [0.05, 0.1) is 15.6 Å². The van der Waals surface area contributed by atoms with Crippen molar-refractivity contribution in [3.63, 3.8) is 0 Å². The minimum Gasteiger partial charge on any atom is -0.337 e. The van der Waals surface area contributed by atoms with Gasteiger partial charge in [-0.3, -0.25) is 4.79 Å². The second-order valence-electron chi connectivity index (χ2n) is 5.67. The Morgan fingerprint density at radius 1 is 1.16 bits per heavy atom. The van der Waals surface area contributed by atoms with Crippen LogP contribution in [0.3, 0.4) is 0 Å². The molecule has 6 nitrogen and oxygen atoms in total. The van der Waals surface area contributed by atoms with E-state index in [1.165, 1.54) is 21.7 Å². The molecule has 1 fully saturated rings. The summed E-state index contributed by atoms with van der Waals surface area (Å²) in [5.74, 6) is -0.123. The third kappa shape index (κ3) is 4.15. The Bertz CT molecular complexity index is 868. The average molecular weight is 377 g/mol. The van der Waals surface area contributed by atoms with Crippen LogP contribution < -0.4 is 0 Å². The molecule has 1 aromatic heterocycles. The minimum atomic E-state index is -3.49. The maximum atomic E-state index is 12.6. The molecule has 2 aromatic rings. The van der Waals surface area contributed by atoms with Crippen molar-refractivity contribution in [2.45, 2.75) is 11.8 Å². The first-order valence-corrected chi connectivity index (χ1v) is 10.2. The predicted molar refractivity (Wildman–Crippen MR) is 97.7 cm³/mol. The number of sulfonamides is 1. The minimum absolute atomic E-state index is 0.123. The maximum Gasteiger partial charge on any atom is 0.246 e. The van der Waals surface area contributed by atoms with Gasteiger partial charge in [0.15, 0.2) is 0 Å². The lowest BCUT2D eigenvalue weighted by atomic mass is 10.3. The number of aromatic nitrogens is 1. The Hall–Kier alpha value is -2.03. The summed E-state index contributed by atoms with van der Waals surface area (Å²) in [6.45, 7) is 3.27. The lowest BCUT2D eigenvalue weighted by Crippen LogP contribution is -2.50. The number of aryl methyl sites for hydroxylation is 1. The van der Waals surface area contributed by atoms with Gasteiger partial charge < -0.3 is 4.90 Å². The largest absolute Gasteiger partial charge is 0.337 e. The molecule has 0 aliphatic carbocycles. The van der Waals surface area contributed by atoms with Crippen LogP contribution in [0, 0.1) is 6.92 Å². The lowest BCUT2D eigenvalue weighted by molar-refractivity contribution is -0.127. The fraction of sp³-hybridized carbons (Fsp3) is 0.294. The molecule has 0 atom stereocenters. The van der Waals surface area contributed by atoms with Crippen molar-refractivity contribution < 1.29 is 13.2 Å². The van der Waals surface area contributed by atoms with Gasteiger partial charge in [-0.1, -0.05) is 18.2 Å². The van der Waals surface area contributed by atoms with E-state index in [4.69, 9.17) is 0 Å². The molecule has 3 rings (SSSR count). The van der Waals surface area contributed by atoms with E-state index in [-0.39, 0.29) is 10.8 Å². The van der Waals surface area contributed by atoms with E-state index in [9.17, 15) is 13.2 Å². The van der Waals surface area contributed by atoms with E-state index in [1.807, 2.05) is 12.3 Å². The average Bonchev–Trinajstić information content (AvgIpc) is 3.06. The van der Waals surface area contributed by atoms with E-state index < -0.39 is 10.0 Å². The highest BCUT2D eigenvalue weighted by molar-refractivity contribution is 7.89. The second-order valence-corrected chi connectivity index (χ2v) is 8.67. The first-order valence-electron chi connectivity index (χ1n) is 7.91. The topological polar surface area (TPSA) is 70.6 Å². The van der Waals surface area contributed by atoms with E-state index in [1.54, 1.807) is 41.3 Å². The van der Waals surface area contributed by atoms with Crippen LogP contribution in [0.1, 0.15) is 10.7 Å². The molecule has 8 heteroatoms. The van der Waals surface area contributed by atoms with Crippen molar-refractivity contribution in [3.8, 4) is 0 Å². The molecule has 2 heterocycles. The van der Waals surface area contributed by atoms with E-state index >= 15 is 0 Å². The number of carbonyl (C=O) groups is 1. The van der Waals surface area contributed by atoms with Gasteiger partial charge in [-0.2, -0.15) is 4.31 Å². The number of piperazine rings is 1. The highest BCUT2D eigenvalue weighted by Crippen LogP contribution is 2.17. The molecule has 1 aromatic carbocycles. The molecule has 0 N–H and O–H groups in total. The number of thiazole rings is 1. The van der Waals surface area contributed by atoms with Gasteiger partial charge in [0.25, 0.3) is 0 Å². The van der Waals surface area contributed by atoms with Gasteiger partial charge in [0, 0.05) is 37.6 Å². The third-order valence-electron chi connectivity index (χ3n) is 3.96. The summed E-state index contributed by atoms with van der Waals surface area (Å²) < 4.78 is 26.6. The van der Waals surface area contributed by atoms with Gasteiger partial charge in [0.1, 0.15) is 0 Å². The van der Waals surface area contributed by atoms with Gasteiger partial charge in [-0.15, -0.1) is 11.3 Å². The van der Waals surface area contributed by atoms with Crippen molar-refractivity contribution in [1.82, 2.24) is 14.2 Å². The fourth-order valence-electron chi connectivity index (χ4n) is 2.61. The van der Waals surface area contributed by atoms with E-state index in [2.05, 4.69) is 4.98 Å². The summed E-state index contributed by atoms with van der Waals surface area (Å²) in [5.41, 5.74) is 0.765. The van der Waals surface area contributed by atoms with Crippen LogP contribution in [0.5, 0.6) is 0 Å². The highest BCUT2D eigenvalue weighted by atomic mass is 32.2. The normalized spacial score (nSPS) is 16.4. The number of rotatable bonds is 4. The van der Waals surface area contributed by atoms with Crippen LogP contribution in [0.25, 0.3) is 6.08 Å². The van der Waals surface area contributed by atoms with Crippen LogP contribution in [-0.4, -0.2) is 54.7 Å². The summed E-state index contributed by atoms with van der Waals surface area (Å²) in [6, 6.07) is 8.37. The van der Waals surface area contributed by atoms with Crippen molar-refractivity contribution >= 4 is 33.3 Å². The smallest absolute Gasteiger partial charge is 0.246 e. The fourth-order valence-corrected chi connectivity index (χ4v) is 4.63. The monoisotopic (exact) mass is 377 g/mol. The molecule has 0 unspecified atom stereocenters. The predicted octanol–water partition coefficient (Wildman–Crippen LogP) is 2.00. The Kier molecular flexibility index (Phi) is 5.31. The Balaban J connectivity index is 1.60. The molecule has 0 saturated carbocycles. The zero-order valence-electron chi connectivity index (χ0n) is 13.8. The van der Waals surface area contributed by atoms with Gasteiger partial charge in [-0.05, 0) is 25.1 Å². The molecule has 0 bridgehead atoms. The number of hydrogen-bond acceptors (Lipinski definition) is 5. The molecule has 132 valence electrons. The van der Waals surface area contributed by atoms with Crippen molar-refractivity contribution in [3.05, 3.63) is 52.5 Å². The number of benzene rings is 1. The number of nitrogens with zero attached hydrogens (tertiary/aromatic N) is 3. The molecule has 0 radical (unpaired) electrons. The summed E-state index contributed by atoms with van der Waals surface area (Å²) in [4.78, 5) is 18.5. The number of amides is 1. The molecule has 1 saturated heterocycles. The summed E-state index contributed by atoms with van der Waals surface area (Å²) in [7, 11) is -3.49. The Morgan fingerprint density at radius 2 is 1.84 bits per heavy atom. The SMILES string of the molecule is Cc1nc(/C=C/C(=O)N2CCN(S(=O)(=O)c3ccccc3)CC2)cs1. The molecule has 25 heavy (non-hydrogen) atoms. The van der Waals surface area contributed by atoms with E-state index in [0.29, 0.717) is 26.2 Å². The van der Waals surface area contributed by atoms with Crippen molar-refractivity contribution in [2.24, 2.45) is 0 Å². The van der Waals surface area contributed by atoms with Gasteiger partial charge in [0.2, 0.25) is 15.9 Å². The molecular weight excluding hydrogens is 358 g/mol. The van der Waals surface area contributed by atoms with Crippen LogP contribution in [0.15, 0.2) is 46.7 Å². The first-order chi connectivity index (χ1) is 12.0. The molecule has 1 aliphatic heterocycles. The Labute approximate surface area is 151 Å². The standard InChI is InChI=1S/C17H19N3O3S2/c1-14-18-15(13-24-14)7-8-17(21)19-9-11-20(12-10-19)25(22,23)16-5-3-2-4-6-16/h2-8,13H,9-12H2,1H3/b8-7+. The van der Waals surface area contributed by atoms with Crippen LogP contribution in [-0.2, 0) is 14.8 Å². The third-order valence-corrected chi connectivity index (χ3v) is 6.67. The highest BCUT2D eigenvalue weighted by Gasteiger charge is 2.29. The quantitative estimate of drug-likeness (QED) is 0.764. The first kappa shape index (κ1) is 17.8. The van der Waals surface area contributed by atoms with Crippen LogP contribution >= 0.6 is 11.3 Å². The lowest BCUT2D eigenvalue weighted by Gasteiger charge is -2.33. The molecular formula is C17H19N3O3S2. The zero-order chi connectivity index (χ0) is 17.9. The molecule has 0 spiro atoms. The Morgan fingerprint density at radius 3 is 2.44 bits per heavy atom. The van der Waals surface area contributed by atoms with Crippen molar-refractivity contribution in [1.29, 1.82) is 0 Å². The van der Waals surface area contributed by atoms with Gasteiger partial charge in [-0.25, -0.2) is 13.4 Å². The van der Waals surface area contributed by atoms with E-state index in [0.717, 1.165) is 10.7 Å². The number of hydrogen-bond donors (Lipinski definition) is 0. The van der Waals surface area contributed by atoms with Crippen molar-refractivity contribution in [2.75, 3.05) is 26.2 Å². The molecule has 1 amide bonds. The second kappa shape index (κ2) is 7.47.